The van der Waals surface area contributed by atoms with Crippen LogP contribution in [0.25, 0.3) is 0 Å². The Bertz CT molecular complexity index is 533. The Morgan fingerprint density at radius 2 is 2.17 bits per heavy atom. The van der Waals surface area contributed by atoms with Crippen LogP contribution in [0.5, 0.6) is 0 Å². The second kappa shape index (κ2) is 5.44. The molecule has 0 aromatic rings. The van der Waals surface area contributed by atoms with Crippen LogP contribution in [0.3, 0.4) is 0 Å². The summed E-state index contributed by atoms with van der Waals surface area (Å²) in [6, 6.07) is 0. The molecular weight excluding hydrogens is 290 g/mol. The van der Waals surface area contributed by atoms with Crippen LogP contribution in [-0.4, -0.2) is 6.61 Å². The van der Waals surface area contributed by atoms with Gasteiger partial charge in [0, 0.05) is 21.3 Å². The van der Waals surface area contributed by atoms with Gasteiger partial charge in [0.05, 0.1) is 0 Å². The maximum Gasteiger partial charge on any atom is 0.194 e. The van der Waals surface area contributed by atoms with Crippen molar-refractivity contribution < 1.29 is 4.74 Å². The smallest absolute Gasteiger partial charge is 0.194 e. The fourth-order valence-corrected chi connectivity index (χ4v) is 2.27. The van der Waals surface area contributed by atoms with Gasteiger partial charge >= 0.3 is 0 Å². The van der Waals surface area contributed by atoms with Crippen molar-refractivity contribution in [1.29, 1.82) is 0 Å². The molecule has 1 aliphatic carbocycles. The Kier molecular flexibility index (Phi) is 3.92. The third-order valence-corrected chi connectivity index (χ3v) is 3.48. The molecule has 0 fully saturated rings. The van der Waals surface area contributed by atoms with Gasteiger partial charge in [0.15, 0.2) is 5.88 Å². The first kappa shape index (κ1) is 13.0. The molecule has 1 aliphatic heterocycles. The highest BCUT2D eigenvalue weighted by molar-refractivity contribution is 9.11. The normalized spacial score (nSPS) is 18.6. The number of hydrogen-bond acceptors (Lipinski definition) is 2. The molecule has 0 unspecified atom stereocenters. The summed E-state index contributed by atoms with van der Waals surface area (Å²) in [6.07, 6.45) is 9.94. The highest BCUT2D eigenvalue weighted by Crippen LogP contribution is 2.31. The van der Waals surface area contributed by atoms with Gasteiger partial charge in [0.2, 0.25) is 0 Å². The highest BCUT2D eigenvalue weighted by Gasteiger charge is 2.20. The lowest BCUT2D eigenvalue weighted by atomic mass is 9.97. The number of nitrogens with one attached hydrogen (secondary N) is 1. The fourth-order valence-electron chi connectivity index (χ4n) is 1.88. The number of fused-ring (bicyclic) bond motifs is 1. The average Bonchev–Trinajstić information content (AvgIpc) is 2.54. The molecule has 3 heteroatoms. The SMILES string of the molecule is C=CCOC1=C(C)C(C)=C2C=C(Br)C=CC=C2N1. The summed E-state index contributed by atoms with van der Waals surface area (Å²) in [4.78, 5) is 0. The van der Waals surface area contributed by atoms with E-state index in [1.807, 2.05) is 18.2 Å². The first-order valence-electron chi connectivity index (χ1n) is 5.82. The standard InChI is InChI=1S/C15H16BrNO/c1-4-8-18-15-11(3)10(2)13-9-12(16)6-5-7-14(13)17-15/h4-7,9,17H,1,8H2,2-3H3. The van der Waals surface area contributed by atoms with Gasteiger partial charge < -0.3 is 10.1 Å². The lowest BCUT2D eigenvalue weighted by Crippen LogP contribution is -2.23. The van der Waals surface area contributed by atoms with Gasteiger partial charge in [-0.15, -0.1) is 0 Å². The van der Waals surface area contributed by atoms with Crippen molar-refractivity contribution >= 4 is 15.9 Å². The van der Waals surface area contributed by atoms with Gasteiger partial charge in [-0.1, -0.05) is 34.7 Å². The predicted octanol–water partition coefficient (Wildman–Crippen LogP) is 4.07. The summed E-state index contributed by atoms with van der Waals surface area (Å²) in [5, 5.41) is 3.33. The number of allylic oxidation sites excluding steroid dienone is 7. The van der Waals surface area contributed by atoms with Crippen LogP contribution < -0.4 is 5.32 Å². The molecule has 2 rings (SSSR count). The minimum absolute atomic E-state index is 0.505. The predicted molar refractivity (Wildman–Crippen MR) is 78.9 cm³/mol. The van der Waals surface area contributed by atoms with E-state index in [1.54, 1.807) is 6.08 Å². The van der Waals surface area contributed by atoms with Gasteiger partial charge in [-0.25, -0.2) is 0 Å². The van der Waals surface area contributed by atoms with Crippen molar-refractivity contribution in [3.8, 4) is 0 Å². The zero-order valence-electron chi connectivity index (χ0n) is 10.6. The van der Waals surface area contributed by atoms with Crippen molar-refractivity contribution in [3.63, 3.8) is 0 Å². The zero-order chi connectivity index (χ0) is 13.1. The maximum absolute atomic E-state index is 5.65. The Labute approximate surface area is 116 Å². The lowest BCUT2D eigenvalue weighted by molar-refractivity contribution is 0.224. The number of dihydropyridines is 1. The van der Waals surface area contributed by atoms with Crippen LogP contribution in [0.2, 0.25) is 0 Å². The molecule has 0 atom stereocenters. The van der Waals surface area contributed by atoms with Crippen LogP contribution in [0, 0.1) is 0 Å². The van der Waals surface area contributed by atoms with Crippen LogP contribution in [0.15, 0.2) is 69.7 Å². The van der Waals surface area contributed by atoms with Crippen molar-refractivity contribution in [2.24, 2.45) is 0 Å². The van der Waals surface area contributed by atoms with Gasteiger partial charge in [0.1, 0.15) is 6.61 Å². The molecule has 2 nitrogen and oxygen atoms in total. The largest absolute Gasteiger partial charge is 0.475 e. The van der Waals surface area contributed by atoms with Gasteiger partial charge in [-0.05, 0) is 37.6 Å². The Hall–Kier alpha value is -1.48. The number of rotatable bonds is 3. The van der Waals surface area contributed by atoms with E-state index in [9.17, 15) is 0 Å². The fraction of sp³-hybridized carbons (Fsp3) is 0.200. The van der Waals surface area contributed by atoms with E-state index in [1.165, 1.54) is 11.1 Å². The summed E-state index contributed by atoms with van der Waals surface area (Å²) in [5.41, 5.74) is 4.60. The second-order valence-electron chi connectivity index (χ2n) is 4.19. The van der Waals surface area contributed by atoms with Crippen LogP contribution in [0.1, 0.15) is 13.8 Å². The van der Waals surface area contributed by atoms with E-state index in [2.05, 4.69) is 47.7 Å². The first-order chi connectivity index (χ1) is 8.63. The first-order valence-corrected chi connectivity index (χ1v) is 6.61. The van der Waals surface area contributed by atoms with E-state index < -0.39 is 0 Å². The molecule has 1 heterocycles. The second-order valence-corrected chi connectivity index (χ2v) is 5.10. The molecule has 1 N–H and O–H groups in total. The summed E-state index contributed by atoms with van der Waals surface area (Å²) < 4.78 is 6.71. The Morgan fingerprint density at radius 1 is 1.39 bits per heavy atom. The number of hydrogen-bond donors (Lipinski definition) is 1. The molecule has 94 valence electrons. The molecule has 18 heavy (non-hydrogen) atoms. The van der Waals surface area contributed by atoms with Crippen molar-refractivity contribution in [2.75, 3.05) is 6.61 Å². The van der Waals surface area contributed by atoms with Gasteiger partial charge in [-0.3, -0.25) is 0 Å². The van der Waals surface area contributed by atoms with E-state index >= 15 is 0 Å². The van der Waals surface area contributed by atoms with E-state index in [0.29, 0.717) is 6.61 Å². The monoisotopic (exact) mass is 305 g/mol. The number of halogens is 1. The quantitative estimate of drug-likeness (QED) is 0.794. The summed E-state index contributed by atoms with van der Waals surface area (Å²) in [7, 11) is 0. The molecule has 0 saturated carbocycles. The molecule has 0 spiro atoms. The molecule has 2 aliphatic rings. The Balaban J connectivity index is 2.44. The third-order valence-electron chi connectivity index (χ3n) is 2.99. The van der Waals surface area contributed by atoms with Crippen molar-refractivity contribution in [3.05, 3.63) is 69.7 Å². The molecule has 0 bridgehead atoms. The van der Waals surface area contributed by atoms with Crippen LogP contribution >= 0.6 is 15.9 Å². The highest BCUT2D eigenvalue weighted by atomic mass is 79.9. The van der Waals surface area contributed by atoms with Gasteiger partial charge in [-0.2, -0.15) is 0 Å². The minimum Gasteiger partial charge on any atom is -0.475 e. The zero-order valence-corrected chi connectivity index (χ0v) is 12.2. The maximum atomic E-state index is 5.65. The topological polar surface area (TPSA) is 21.3 Å². The van der Waals surface area contributed by atoms with Crippen molar-refractivity contribution in [2.45, 2.75) is 13.8 Å². The van der Waals surface area contributed by atoms with Crippen LogP contribution in [-0.2, 0) is 4.74 Å². The lowest BCUT2D eigenvalue weighted by Gasteiger charge is -2.25. The molecule has 0 aromatic heterocycles. The number of ether oxygens (including phenoxy) is 1. The summed E-state index contributed by atoms with van der Waals surface area (Å²) >= 11 is 3.52. The third kappa shape index (κ3) is 2.51. The molecule has 0 aromatic carbocycles. The molecular formula is C15H16BrNO. The van der Waals surface area contributed by atoms with E-state index in [-0.39, 0.29) is 0 Å². The molecule has 0 saturated heterocycles. The van der Waals surface area contributed by atoms with Crippen LogP contribution in [0.4, 0.5) is 0 Å². The molecule has 0 radical (unpaired) electrons. The van der Waals surface area contributed by atoms with E-state index in [0.717, 1.165) is 21.6 Å². The van der Waals surface area contributed by atoms with Crippen molar-refractivity contribution in [1.82, 2.24) is 5.32 Å². The summed E-state index contributed by atoms with van der Waals surface area (Å²) in [5.74, 6) is 0.808. The Morgan fingerprint density at radius 3 is 2.89 bits per heavy atom. The molecule has 0 amide bonds. The minimum atomic E-state index is 0.505. The van der Waals surface area contributed by atoms with Gasteiger partial charge in [0.25, 0.3) is 0 Å². The average molecular weight is 306 g/mol. The van der Waals surface area contributed by atoms with E-state index in [4.69, 9.17) is 4.74 Å². The summed E-state index contributed by atoms with van der Waals surface area (Å²) in [6.45, 7) is 8.34.